The quantitative estimate of drug-likeness (QED) is 0.152. The molecular formula is C23H31N3O7. The molecule has 2 aromatic rings. The second kappa shape index (κ2) is 13.5. The maximum Gasteiger partial charge on any atom is 0.319 e. The minimum absolute atomic E-state index is 0.135. The van der Waals surface area contributed by atoms with Gasteiger partial charge in [-0.15, -0.1) is 0 Å². The van der Waals surface area contributed by atoms with Crippen LogP contribution in [-0.2, 0) is 9.47 Å². The van der Waals surface area contributed by atoms with Gasteiger partial charge in [0.1, 0.15) is 42.7 Å². The molecule has 0 bridgehead atoms. The largest absolute Gasteiger partial charge is 0.508 e. The van der Waals surface area contributed by atoms with Gasteiger partial charge in [0, 0.05) is 25.3 Å². The Morgan fingerprint density at radius 1 is 1.03 bits per heavy atom. The summed E-state index contributed by atoms with van der Waals surface area (Å²) in [6.07, 6.45) is -0.438. The van der Waals surface area contributed by atoms with E-state index in [0.29, 0.717) is 50.9 Å². The number of ether oxygens (including phenoxy) is 4. The number of phenolic OH excluding ortho intramolecular Hbond substituents is 1. The molecule has 0 radical (unpaired) electrons. The molecule has 10 nitrogen and oxygen atoms in total. The van der Waals surface area contributed by atoms with Gasteiger partial charge in [-0.2, -0.15) is 0 Å². The number of phenols is 1. The summed E-state index contributed by atoms with van der Waals surface area (Å²) in [6, 6.07) is 13.0. The number of aliphatic hydroxyl groups excluding tert-OH is 1. The highest BCUT2D eigenvalue weighted by Crippen LogP contribution is 2.18. The number of aliphatic hydroxyl groups is 1. The van der Waals surface area contributed by atoms with Crippen LogP contribution in [0.2, 0.25) is 0 Å². The molecule has 33 heavy (non-hydrogen) atoms. The molecule has 0 aromatic heterocycles. The molecule has 10 heteroatoms. The van der Waals surface area contributed by atoms with E-state index in [1.54, 1.807) is 36.4 Å². The summed E-state index contributed by atoms with van der Waals surface area (Å²) in [7, 11) is 0. The molecule has 2 amide bonds. The van der Waals surface area contributed by atoms with E-state index in [0.717, 1.165) is 12.4 Å². The molecule has 0 saturated carbocycles. The van der Waals surface area contributed by atoms with Gasteiger partial charge in [-0.25, -0.2) is 4.79 Å². The molecule has 2 unspecified atom stereocenters. The Balaban J connectivity index is 1.19. The van der Waals surface area contributed by atoms with Gasteiger partial charge >= 0.3 is 6.03 Å². The van der Waals surface area contributed by atoms with Crippen LogP contribution in [0.1, 0.15) is 0 Å². The molecule has 0 spiro atoms. The lowest BCUT2D eigenvalue weighted by molar-refractivity contribution is 0.0877. The first-order chi connectivity index (χ1) is 16.1. The maximum atomic E-state index is 11.8. The molecule has 1 aliphatic rings. The van der Waals surface area contributed by atoms with Crippen LogP contribution in [0.3, 0.4) is 0 Å². The molecule has 0 aliphatic carbocycles. The van der Waals surface area contributed by atoms with E-state index in [-0.39, 0.29) is 24.5 Å². The Kier molecular flexibility index (Phi) is 10.0. The fourth-order valence-corrected chi connectivity index (χ4v) is 2.73. The lowest BCUT2D eigenvalue weighted by Crippen LogP contribution is -2.38. The van der Waals surface area contributed by atoms with Gasteiger partial charge in [0.25, 0.3) is 0 Å². The number of hydrogen-bond acceptors (Lipinski definition) is 8. The van der Waals surface area contributed by atoms with Crippen LogP contribution >= 0.6 is 0 Å². The fraction of sp³-hybridized carbons (Fsp3) is 0.435. The summed E-state index contributed by atoms with van der Waals surface area (Å²) >= 11 is 0. The van der Waals surface area contributed by atoms with Crippen molar-refractivity contribution in [1.29, 1.82) is 0 Å². The van der Waals surface area contributed by atoms with Crippen LogP contribution in [0, 0.1) is 0 Å². The first kappa shape index (κ1) is 24.6. The number of carbonyl (C=O) groups is 1. The third-order valence-corrected chi connectivity index (χ3v) is 4.56. The number of amides is 2. The minimum atomic E-state index is -0.695. The Hall–Kier alpha value is -3.05. The van der Waals surface area contributed by atoms with E-state index >= 15 is 0 Å². The Bertz CT molecular complexity index is 829. The smallest absolute Gasteiger partial charge is 0.319 e. The van der Waals surface area contributed by atoms with Crippen LogP contribution in [-0.4, -0.2) is 81.1 Å². The van der Waals surface area contributed by atoms with Gasteiger partial charge in [0.05, 0.1) is 19.8 Å². The molecule has 1 heterocycles. The number of urea groups is 1. The Labute approximate surface area is 192 Å². The monoisotopic (exact) mass is 461 g/mol. The number of nitrogens with one attached hydrogen (secondary N) is 3. The van der Waals surface area contributed by atoms with Crippen molar-refractivity contribution < 1.29 is 34.0 Å². The maximum absolute atomic E-state index is 11.8. The van der Waals surface area contributed by atoms with Gasteiger partial charge in [-0.1, -0.05) is 0 Å². The average Bonchev–Trinajstić information content (AvgIpc) is 3.64. The van der Waals surface area contributed by atoms with Gasteiger partial charge in [-0.3, -0.25) is 0 Å². The zero-order valence-electron chi connectivity index (χ0n) is 18.4. The molecule has 1 saturated heterocycles. The normalized spacial score (nSPS) is 15.5. The topological polar surface area (TPSA) is 134 Å². The highest BCUT2D eigenvalue weighted by molar-refractivity contribution is 5.89. The third kappa shape index (κ3) is 10.4. The summed E-state index contributed by atoms with van der Waals surface area (Å²) in [4.78, 5) is 11.8. The van der Waals surface area contributed by atoms with Crippen molar-refractivity contribution in [1.82, 2.24) is 10.6 Å². The van der Waals surface area contributed by atoms with Crippen molar-refractivity contribution in [2.75, 3.05) is 58.0 Å². The molecule has 1 fully saturated rings. The summed E-state index contributed by atoms with van der Waals surface area (Å²) < 4.78 is 21.7. The fourth-order valence-electron chi connectivity index (χ4n) is 2.73. The van der Waals surface area contributed by atoms with Crippen LogP contribution in [0.25, 0.3) is 0 Å². The summed E-state index contributed by atoms with van der Waals surface area (Å²) in [5.41, 5.74) is 0.582. The standard InChI is InChI=1S/C23H31N3O7/c27-18-3-1-17(2-4-18)26-23(29)25-10-9-24-13-19(28)14-32-21-7-5-20(6-8-21)31-12-11-30-15-22-16-33-22/h1-8,19,22,24,27-28H,9-16H2,(H2,25,26,29). The minimum Gasteiger partial charge on any atom is -0.508 e. The van der Waals surface area contributed by atoms with Crippen molar-refractivity contribution in [2.45, 2.75) is 12.2 Å². The molecule has 1 aliphatic heterocycles. The van der Waals surface area contributed by atoms with Gasteiger partial charge in [0.2, 0.25) is 0 Å². The predicted octanol–water partition coefficient (Wildman–Crippen LogP) is 1.34. The van der Waals surface area contributed by atoms with Crippen molar-refractivity contribution in [2.24, 2.45) is 0 Å². The first-order valence-electron chi connectivity index (χ1n) is 10.9. The zero-order chi connectivity index (χ0) is 23.3. The lowest BCUT2D eigenvalue weighted by atomic mass is 10.3. The first-order valence-corrected chi connectivity index (χ1v) is 10.9. The van der Waals surface area contributed by atoms with E-state index < -0.39 is 6.10 Å². The van der Waals surface area contributed by atoms with Gasteiger partial charge < -0.3 is 45.1 Å². The van der Waals surface area contributed by atoms with E-state index in [9.17, 15) is 15.0 Å². The van der Waals surface area contributed by atoms with Crippen molar-refractivity contribution in [3.8, 4) is 17.2 Å². The van der Waals surface area contributed by atoms with E-state index in [4.69, 9.17) is 18.9 Å². The second-order valence-electron chi connectivity index (χ2n) is 7.45. The summed E-state index contributed by atoms with van der Waals surface area (Å²) in [5, 5.41) is 27.7. The van der Waals surface area contributed by atoms with E-state index in [2.05, 4.69) is 16.0 Å². The van der Waals surface area contributed by atoms with Crippen molar-refractivity contribution >= 4 is 11.7 Å². The highest BCUT2D eigenvalue weighted by atomic mass is 16.6. The zero-order valence-corrected chi connectivity index (χ0v) is 18.4. The van der Waals surface area contributed by atoms with Gasteiger partial charge in [-0.05, 0) is 48.5 Å². The number of carbonyl (C=O) groups excluding carboxylic acids is 1. The third-order valence-electron chi connectivity index (χ3n) is 4.56. The van der Waals surface area contributed by atoms with E-state index in [1.165, 1.54) is 12.1 Å². The number of hydrogen-bond donors (Lipinski definition) is 5. The summed E-state index contributed by atoms with van der Waals surface area (Å²) in [5.74, 6) is 1.49. The van der Waals surface area contributed by atoms with Crippen LogP contribution in [0.5, 0.6) is 17.2 Å². The predicted molar refractivity (Wildman–Crippen MR) is 122 cm³/mol. The van der Waals surface area contributed by atoms with Crippen LogP contribution in [0.4, 0.5) is 10.5 Å². The molecule has 2 atom stereocenters. The molecule has 3 rings (SSSR count). The number of anilines is 1. The average molecular weight is 462 g/mol. The lowest BCUT2D eigenvalue weighted by Gasteiger charge is -2.14. The second-order valence-corrected chi connectivity index (χ2v) is 7.45. The van der Waals surface area contributed by atoms with E-state index in [1.807, 2.05) is 0 Å². The Morgan fingerprint density at radius 2 is 1.73 bits per heavy atom. The Morgan fingerprint density at radius 3 is 2.42 bits per heavy atom. The van der Waals surface area contributed by atoms with Crippen LogP contribution in [0.15, 0.2) is 48.5 Å². The van der Waals surface area contributed by atoms with Crippen LogP contribution < -0.4 is 25.4 Å². The molecule has 5 N–H and O–H groups in total. The number of rotatable bonds is 15. The molecule has 180 valence electrons. The number of epoxide rings is 1. The SMILES string of the molecule is O=C(NCCNCC(O)COc1ccc(OCCOCC2CO2)cc1)Nc1ccc(O)cc1. The van der Waals surface area contributed by atoms with Gasteiger partial charge in [0.15, 0.2) is 0 Å². The number of benzene rings is 2. The van der Waals surface area contributed by atoms with Crippen molar-refractivity contribution in [3.63, 3.8) is 0 Å². The molecular weight excluding hydrogens is 430 g/mol. The highest BCUT2D eigenvalue weighted by Gasteiger charge is 2.22. The number of aromatic hydroxyl groups is 1. The van der Waals surface area contributed by atoms with Crippen molar-refractivity contribution in [3.05, 3.63) is 48.5 Å². The molecule has 2 aromatic carbocycles. The summed E-state index contributed by atoms with van der Waals surface area (Å²) in [6.45, 7) is 3.71.